The Balaban J connectivity index is 1.55. The summed E-state index contributed by atoms with van der Waals surface area (Å²) >= 11 is 0. The highest BCUT2D eigenvalue weighted by Gasteiger charge is 2.35. The molecule has 6 nitrogen and oxygen atoms in total. The van der Waals surface area contributed by atoms with Crippen LogP contribution in [0.2, 0.25) is 0 Å². The van der Waals surface area contributed by atoms with Crippen LogP contribution in [0.4, 0.5) is 33.5 Å². The minimum atomic E-state index is -4.45. The number of rotatable bonds is 4. The highest BCUT2D eigenvalue weighted by Crippen LogP contribution is 2.37. The highest BCUT2D eigenvalue weighted by molar-refractivity contribution is 6.01. The van der Waals surface area contributed by atoms with E-state index in [1.54, 1.807) is 13.0 Å². The number of halogens is 5. The summed E-state index contributed by atoms with van der Waals surface area (Å²) < 4.78 is 69.0. The lowest BCUT2D eigenvalue weighted by atomic mass is 9.97. The van der Waals surface area contributed by atoms with Gasteiger partial charge in [-0.1, -0.05) is 12.1 Å². The Bertz CT molecular complexity index is 1390. The van der Waals surface area contributed by atoms with Crippen molar-refractivity contribution in [3.63, 3.8) is 0 Å². The molecule has 0 bridgehead atoms. The zero-order chi connectivity index (χ0) is 25.0. The van der Waals surface area contributed by atoms with Crippen molar-refractivity contribution in [1.82, 2.24) is 19.8 Å². The SMILES string of the molecule is Cc1c([C@@H](C)Nc2nn3ncnc3c3ccc(N4CCC(F)(F)CC4)cc23)cccc1C(F)(F)F. The van der Waals surface area contributed by atoms with Crippen LogP contribution in [0.25, 0.3) is 16.4 Å². The van der Waals surface area contributed by atoms with Gasteiger partial charge >= 0.3 is 6.18 Å². The van der Waals surface area contributed by atoms with E-state index in [4.69, 9.17) is 0 Å². The molecule has 11 heteroatoms. The quantitative estimate of drug-likeness (QED) is 0.355. The van der Waals surface area contributed by atoms with Crippen LogP contribution in [-0.4, -0.2) is 38.8 Å². The van der Waals surface area contributed by atoms with Crippen molar-refractivity contribution >= 4 is 27.9 Å². The van der Waals surface area contributed by atoms with Crippen molar-refractivity contribution in [1.29, 1.82) is 0 Å². The smallest absolute Gasteiger partial charge is 0.371 e. The number of piperidine rings is 1. The maximum atomic E-state index is 13.7. The van der Waals surface area contributed by atoms with E-state index in [2.05, 4.69) is 20.5 Å². The maximum absolute atomic E-state index is 13.7. The topological polar surface area (TPSA) is 58.4 Å². The number of benzene rings is 2. The zero-order valence-corrected chi connectivity index (χ0v) is 19.1. The fourth-order valence-electron chi connectivity index (χ4n) is 4.67. The summed E-state index contributed by atoms with van der Waals surface area (Å²) in [7, 11) is 0. The second kappa shape index (κ2) is 8.31. The average molecular weight is 490 g/mol. The molecule has 0 spiro atoms. The predicted molar refractivity (Wildman–Crippen MR) is 123 cm³/mol. The number of nitrogens with one attached hydrogen (secondary N) is 1. The molecule has 3 heterocycles. The Hall–Kier alpha value is -3.50. The van der Waals surface area contributed by atoms with Crippen molar-refractivity contribution in [2.45, 2.75) is 44.8 Å². The van der Waals surface area contributed by atoms with Crippen LogP contribution < -0.4 is 10.2 Å². The minimum Gasteiger partial charge on any atom is -0.371 e. The molecular weight excluding hydrogens is 467 g/mol. The van der Waals surface area contributed by atoms with Crippen LogP contribution in [0.15, 0.2) is 42.7 Å². The lowest BCUT2D eigenvalue weighted by molar-refractivity contribution is -0.138. The van der Waals surface area contributed by atoms with Gasteiger partial charge in [0.2, 0.25) is 0 Å². The molecule has 5 rings (SSSR count). The van der Waals surface area contributed by atoms with Crippen LogP contribution in [-0.2, 0) is 6.18 Å². The molecule has 1 saturated heterocycles. The first-order valence-electron chi connectivity index (χ1n) is 11.2. The van der Waals surface area contributed by atoms with Gasteiger partial charge in [0.1, 0.15) is 6.33 Å². The van der Waals surface area contributed by atoms with Crippen LogP contribution >= 0.6 is 0 Å². The van der Waals surface area contributed by atoms with Gasteiger partial charge in [-0.25, -0.2) is 13.8 Å². The molecule has 1 fully saturated rings. The van der Waals surface area contributed by atoms with Gasteiger partial charge in [0.15, 0.2) is 11.5 Å². The average Bonchev–Trinajstić information content (AvgIpc) is 3.27. The zero-order valence-electron chi connectivity index (χ0n) is 19.1. The summed E-state index contributed by atoms with van der Waals surface area (Å²) in [6, 6.07) is 9.14. The first-order valence-corrected chi connectivity index (χ1v) is 11.2. The lowest BCUT2D eigenvalue weighted by Crippen LogP contribution is -2.39. The van der Waals surface area contributed by atoms with Crippen molar-refractivity contribution in [3.05, 3.63) is 59.4 Å². The Kier molecular flexibility index (Phi) is 5.52. The van der Waals surface area contributed by atoms with Crippen LogP contribution in [0.1, 0.15) is 42.5 Å². The molecule has 1 N–H and O–H groups in total. The number of hydrogen-bond acceptors (Lipinski definition) is 5. The molecule has 4 aromatic rings. The van der Waals surface area contributed by atoms with Gasteiger partial charge in [-0.05, 0) is 49.2 Å². The molecule has 0 saturated carbocycles. The largest absolute Gasteiger partial charge is 0.416 e. The van der Waals surface area contributed by atoms with Gasteiger partial charge in [-0.2, -0.15) is 13.2 Å². The van der Waals surface area contributed by atoms with Gasteiger partial charge in [0.05, 0.1) is 11.6 Å². The third-order valence-corrected chi connectivity index (χ3v) is 6.59. The molecule has 2 aromatic carbocycles. The van der Waals surface area contributed by atoms with Gasteiger partial charge in [-0.15, -0.1) is 14.8 Å². The summed E-state index contributed by atoms with van der Waals surface area (Å²) in [6.45, 7) is 3.66. The van der Waals surface area contributed by atoms with E-state index < -0.39 is 23.7 Å². The third kappa shape index (κ3) is 4.35. The summed E-state index contributed by atoms with van der Waals surface area (Å²) in [5, 5.41) is 13.3. The third-order valence-electron chi connectivity index (χ3n) is 6.59. The molecule has 1 aliphatic heterocycles. The number of fused-ring (bicyclic) bond motifs is 3. The van der Waals surface area contributed by atoms with E-state index in [0.717, 1.165) is 17.1 Å². The van der Waals surface area contributed by atoms with Crippen LogP contribution in [0.5, 0.6) is 0 Å². The summed E-state index contributed by atoms with van der Waals surface area (Å²) in [5.74, 6) is -2.25. The highest BCUT2D eigenvalue weighted by atomic mass is 19.4. The van der Waals surface area contributed by atoms with Gasteiger partial charge < -0.3 is 10.2 Å². The Morgan fingerprint density at radius 1 is 1.06 bits per heavy atom. The molecule has 35 heavy (non-hydrogen) atoms. The number of aromatic nitrogens is 4. The van der Waals surface area contributed by atoms with Crippen molar-refractivity contribution < 1.29 is 22.0 Å². The Morgan fingerprint density at radius 3 is 2.51 bits per heavy atom. The molecule has 1 aliphatic rings. The number of nitrogens with zero attached hydrogens (tertiary/aromatic N) is 5. The lowest BCUT2D eigenvalue weighted by Gasteiger charge is -2.33. The van der Waals surface area contributed by atoms with E-state index in [-0.39, 0.29) is 31.5 Å². The first-order chi connectivity index (χ1) is 16.5. The first kappa shape index (κ1) is 23.3. The van der Waals surface area contributed by atoms with E-state index in [9.17, 15) is 22.0 Å². The molecule has 0 amide bonds. The molecule has 0 aliphatic carbocycles. The molecule has 0 radical (unpaired) electrons. The predicted octanol–water partition coefficient (Wildman–Crippen LogP) is 6.01. The minimum absolute atomic E-state index is 0.140. The van der Waals surface area contributed by atoms with E-state index >= 15 is 0 Å². The Labute approximate surface area is 197 Å². The van der Waals surface area contributed by atoms with Crippen molar-refractivity contribution in [2.75, 3.05) is 23.3 Å². The second-order valence-corrected chi connectivity index (χ2v) is 8.88. The van der Waals surface area contributed by atoms with E-state index in [0.29, 0.717) is 22.4 Å². The summed E-state index contributed by atoms with van der Waals surface area (Å²) in [6.07, 6.45) is -3.52. The molecule has 0 unspecified atom stereocenters. The van der Waals surface area contributed by atoms with Gasteiger partial charge in [0, 0.05) is 42.4 Å². The van der Waals surface area contributed by atoms with Crippen LogP contribution in [0.3, 0.4) is 0 Å². The standard InChI is InChI=1S/C24H23F5N6/c1-14-17(4-3-5-20(14)24(27,28)29)15(2)32-21-19-12-16(34-10-8-23(25,26)9-11-34)6-7-18(19)22-30-13-31-35(22)33-21/h3-7,12-13,15H,8-11H2,1-2H3,(H,32,33)/t15-/m1/s1. The van der Waals surface area contributed by atoms with E-state index in [1.165, 1.54) is 23.9 Å². The molecule has 1 atom stereocenters. The Morgan fingerprint density at radius 2 is 1.80 bits per heavy atom. The van der Waals surface area contributed by atoms with Crippen molar-refractivity contribution in [2.24, 2.45) is 0 Å². The molecule has 184 valence electrons. The molecular formula is C24H23F5N6. The normalized spacial score (nSPS) is 17.2. The fourth-order valence-corrected chi connectivity index (χ4v) is 4.67. The van der Waals surface area contributed by atoms with Crippen LogP contribution in [0, 0.1) is 6.92 Å². The van der Waals surface area contributed by atoms with Gasteiger partial charge in [-0.3, -0.25) is 0 Å². The summed E-state index contributed by atoms with van der Waals surface area (Å²) in [5.41, 5.74) is 1.23. The fraction of sp³-hybridized carbons (Fsp3) is 0.375. The van der Waals surface area contributed by atoms with E-state index in [1.807, 2.05) is 23.1 Å². The van der Waals surface area contributed by atoms with Gasteiger partial charge in [0.25, 0.3) is 5.92 Å². The number of anilines is 2. The van der Waals surface area contributed by atoms with Crippen molar-refractivity contribution in [3.8, 4) is 0 Å². The summed E-state index contributed by atoms with van der Waals surface area (Å²) in [4.78, 5) is 6.16. The monoisotopic (exact) mass is 490 g/mol. The number of hydrogen-bond donors (Lipinski definition) is 1. The maximum Gasteiger partial charge on any atom is 0.416 e. The second-order valence-electron chi connectivity index (χ2n) is 8.88. The number of alkyl halides is 5. The molecule has 2 aromatic heterocycles.